The third-order valence-electron chi connectivity index (χ3n) is 6.00. The molecule has 0 radical (unpaired) electrons. The molecule has 0 aliphatic rings. The number of H-pyrrole nitrogens is 1. The van der Waals surface area contributed by atoms with E-state index in [1.165, 1.54) is 11.1 Å². The first-order chi connectivity index (χ1) is 16.3. The summed E-state index contributed by atoms with van der Waals surface area (Å²) < 4.78 is 5.96. The number of rotatable bonds is 13. The summed E-state index contributed by atoms with van der Waals surface area (Å²) in [6.45, 7) is 14.9. The minimum absolute atomic E-state index is 0.0809. The molecule has 0 unspecified atom stereocenters. The number of unbranched alkanes of at least 4 members (excludes halogenated alkanes) is 2. The van der Waals surface area contributed by atoms with Crippen molar-refractivity contribution in [3.63, 3.8) is 0 Å². The van der Waals surface area contributed by atoms with Crippen LogP contribution < -0.4 is 15.6 Å². The van der Waals surface area contributed by atoms with Gasteiger partial charge in [0, 0.05) is 43.1 Å². The van der Waals surface area contributed by atoms with Crippen LogP contribution in [-0.4, -0.2) is 42.7 Å². The van der Waals surface area contributed by atoms with E-state index in [1.807, 2.05) is 24.3 Å². The smallest absolute Gasteiger partial charge is 0.248 e. The summed E-state index contributed by atoms with van der Waals surface area (Å²) in [5.74, 6) is 0.852. The molecule has 5 nitrogen and oxygen atoms in total. The number of nitrogens with one attached hydrogen (secondary N) is 2. The van der Waals surface area contributed by atoms with Crippen LogP contribution in [0, 0.1) is 12.3 Å². The molecule has 1 heterocycles. The van der Waals surface area contributed by atoms with Crippen molar-refractivity contribution >= 4 is 10.9 Å². The minimum atomic E-state index is -0.0809. The number of ether oxygens (including phenoxy) is 1. The Morgan fingerprint density at radius 2 is 1.79 bits per heavy atom. The molecule has 2 aromatic carbocycles. The Labute approximate surface area is 204 Å². The zero-order valence-corrected chi connectivity index (χ0v) is 21.3. The second-order valence-corrected chi connectivity index (χ2v) is 10.4. The molecule has 0 atom stereocenters. The SMILES string of the molecule is Cc1ccccc1CN(CCCCCOc1ccc2[nH]c(=O)ccc2c1)CCNCC(C)(C)C. The first-order valence-corrected chi connectivity index (χ1v) is 12.5. The fourth-order valence-corrected chi connectivity index (χ4v) is 4.03. The summed E-state index contributed by atoms with van der Waals surface area (Å²) in [7, 11) is 0. The number of aromatic amines is 1. The molecule has 0 amide bonds. The Hall–Kier alpha value is -2.63. The van der Waals surface area contributed by atoms with Gasteiger partial charge in [-0.2, -0.15) is 0 Å². The van der Waals surface area contributed by atoms with Crippen molar-refractivity contribution in [1.82, 2.24) is 15.2 Å². The quantitative estimate of drug-likeness (QED) is 0.328. The molecule has 3 rings (SSSR count). The molecule has 0 spiro atoms. The van der Waals surface area contributed by atoms with Crippen LogP contribution in [0.3, 0.4) is 0 Å². The Morgan fingerprint density at radius 3 is 2.59 bits per heavy atom. The van der Waals surface area contributed by atoms with Gasteiger partial charge in [0.25, 0.3) is 0 Å². The average molecular weight is 464 g/mol. The molecule has 2 N–H and O–H groups in total. The van der Waals surface area contributed by atoms with Gasteiger partial charge in [-0.3, -0.25) is 9.69 Å². The monoisotopic (exact) mass is 463 g/mol. The van der Waals surface area contributed by atoms with Gasteiger partial charge in [0.2, 0.25) is 5.56 Å². The first kappa shape index (κ1) is 26.0. The summed E-state index contributed by atoms with van der Waals surface area (Å²) in [6, 6.07) is 17.9. The lowest BCUT2D eigenvalue weighted by Gasteiger charge is -2.25. The lowest BCUT2D eigenvalue weighted by atomic mass is 9.97. The van der Waals surface area contributed by atoms with Crippen LogP contribution in [0.5, 0.6) is 5.75 Å². The fourth-order valence-electron chi connectivity index (χ4n) is 4.03. The molecule has 184 valence electrons. The zero-order valence-electron chi connectivity index (χ0n) is 21.3. The molecule has 0 saturated carbocycles. The molecule has 0 fully saturated rings. The van der Waals surface area contributed by atoms with E-state index >= 15 is 0 Å². The first-order valence-electron chi connectivity index (χ1n) is 12.5. The summed E-state index contributed by atoms with van der Waals surface area (Å²) in [5.41, 5.74) is 3.85. The lowest BCUT2D eigenvalue weighted by Crippen LogP contribution is -2.36. The Bertz CT molecular complexity index is 1080. The van der Waals surface area contributed by atoms with E-state index in [9.17, 15) is 4.79 Å². The molecular formula is C29H41N3O2. The molecule has 5 heteroatoms. The summed E-state index contributed by atoms with van der Waals surface area (Å²) >= 11 is 0. The third kappa shape index (κ3) is 8.96. The van der Waals surface area contributed by atoms with Gasteiger partial charge in [0.15, 0.2) is 0 Å². The van der Waals surface area contributed by atoms with E-state index in [-0.39, 0.29) is 5.56 Å². The van der Waals surface area contributed by atoms with E-state index in [4.69, 9.17) is 4.74 Å². The highest BCUT2D eigenvalue weighted by molar-refractivity contribution is 5.79. The normalized spacial score (nSPS) is 11.9. The minimum Gasteiger partial charge on any atom is -0.494 e. The highest BCUT2D eigenvalue weighted by Crippen LogP contribution is 2.19. The van der Waals surface area contributed by atoms with Crippen molar-refractivity contribution in [3.05, 3.63) is 76.1 Å². The van der Waals surface area contributed by atoms with Crippen molar-refractivity contribution in [2.24, 2.45) is 5.41 Å². The average Bonchev–Trinajstić information content (AvgIpc) is 2.79. The van der Waals surface area contributed by atoms with Gasteiger partial charge in [-0.1, -0.05) is 45.0 Å². The Morgan fingerprint density at radius 1 is 0.971 bits per heavy atom. The van der Waals surface area contributed by atoms with E-state index in [0.717, 1.165) is 68.6 Å². The molecule has 0 aliphatic carbocycles. The molecule has 34 heavy (non-hydrogen) atoms. The number of pyridine rings is 1. The summed E-state index contributed by atoms with van der Waals surface area (Å²) in [4.78, 5) is 16.8. The van der Waals surface area contributed by atoms with E-state index in [0.29, 0.717) is 12.0 Å². The Kier molecular flexibility index (Phi) is 9.73. The van der Waals surface area contributed by atoms with Crippen LogP contribution in [-0.2, 0) is 6.54 Å². The van der Waals surface area contributed by atoms with Crippen molar-refractivity contribution in [3.8, 4) is 5.75 Å². The van der Waals surface area contributed by atoms with Crippen LogP contribution in [0.15, 0.2) is 59.4 Å². The van der Waals surface area contributed by atoms with E-state index in [1.54, 1.807) is 6.07 Å². The molecule has 1 aromatic heterocycles. The highest BCUT2D eigenvalue weighted by Gasteiger charge is 2.11. The maximum atomic E-state index is 11.4. The highest BCUT2D eigenvalue weighted by atomic mass is 16.5. The number of aromatic nitrogens is 1. The molecular weight excluding hydrogens is 422 g/mol. The van der Waals surface area contributed by atoms with Crippen molar-refractivity contribution in [2.45, 2.75) is 53.5 Å². The van der Waals surface area contributed by atoms with Gasteiger partial charge >= 0.3 is 0 Å². The van der Waals surface area contributed by atoms with Gasteiger partial charge in [-0.05, 0) is 73.5 Å². The van der Waals surface area contributed by atoms with Gasteiger partial charge in [-0.25, -0.2) is 0 Å². The Balaban J connectivity index is 1.42. The number of benzene rings is 2. The van der Waals surface area contributed by atoms with Gasteiger partial charge in [0.1, 0.15) is 5.75 Å². The molecule has 0 bridgehead atoms. The molecule has 0 aliphatic heterocycles. The summed E-state index contributed by atoms with van der Waals surface area (Å²) in [6.07, 6.45) is 3.33. The van der Waals surface area contributed by atoms with Crippen LogP contribution >= 0.6 is 0 Å². The lowest BCUT2D eigenvalue weighted by molar-refractivity contribution is 0.246. The van der Waals surface area contributed by atoms with Crippen LogP contribution in [0.1, 0.15) is 51.2 Å². The topological polar surface area (TPSA) is 57.4 Å². The third-order valence-corrected chi connectivity index (χ3v) is 6.00. The standard InChI is InChI=1S/C29H41N3O2/c1-23-10-6-7-11-25(23)21-32(18-16-30-22-29(2,3)4)17-8-5-9-19-34-26-13-14-27-24(20-26)12-15-28(33)31-27/h6-7,10-15,20,30H,5,8-9,16-19,21-22H2,1-4H3,(H,31,33). The largest absolute Gasteiger partial charge is 0.494 e. The molecule has 3 aromatic rings. The number of aryl methyl sites for hydroxylation is 1. The van der Waals surface area contributed by atoms with Gasteiger partial charge < -0.3 is 15.0 Å². The van der Waals surface area contributed by atoms with Crippen LogP contribution in [0.2, 0.25) is 0 Å². The van der Waals surface area contributed by atoms with Crippen molar-refractivity contribution in [2.75, 3.05) is 32.8 Å². The van der Waals surface area contributed by atoms with E-state index < -0.39 is 0 Å². The van der Waals surface area contributed by atoms with E-state index in [2.05, 4.69) is 67.2 Å². The number of fused-ring (bicyclic) bond motifs is 1. The van der Waals surface area contributed by atoms with Crippen molar-refractivity contribution in [1.29, 1.82) is 0 Å². The van der Waals surface area contributed by atoms with Crippen LogP contribution in [0.25, 0.3) is 10.9 Å². The maximum absolute atomic E-state index is 11.4. The summed E-state index contributed by atoms with van der Waals surface area (Å²) in [5, 5.41) is 4.61. The molecule has 0 saturated heterocycles. The van der Waals surface area contributed by atoms with Gasteiger partial charge in [0.05, 0.1) is 6.61 Å². The van der Waals surface area contributed by atoms with Crippen LogP contribution in [0.4, 0.5) is 0 Å². The second kappa shape index (κ2) is 12.7. The van der Waals surface area contributed by atoms with Gasteiger partial charge in [-0.15, -0.1) is 0 Å². The maximum Gasteiger partial charge on any atom is 0.248 e. The van der Waals surface area contributed by atoms with Crippen molar-refractivity contribution < 1.29 is 4.74 Å². The number of hydrogen-bond acceptors (Lipinski definition) is 4. The predicted octanol–water partition coefficient (Wildman–Crippen LogP) is 5.52. The zero-order chi connectivity index (χ0) is 24.4. The predicted molar refractivity (Wildman–Crippen MR) is 143 cm³/mol. The second-order valence-electron chi connectivity index (χ2n) is 10.4. The number of nitrogens with zero attached hydrogens (tertiary/aromatic N) is 1. The number of hydrogen-bond donors (Lipinski definition) is 2. The fraction of sp³-hybridized carbons (Fsp3) is 0.483.